The molecule has 0 unspecified atom stereocenters. The first-order valence-corrected chi connectivity index (χ1v) is 2.74. The van der Waals surface area contributed by atoms with E-state index < -0.39 is 0 Å². The minimum Gasteiger partial charge on any atom is -0.298 e. The lowest BCUT2D eigenvalue weighted by atomic mass is 10.3. The van der Waals surface area contributed by atoms with Gasteiger partial charge in [0.2, 0.25) is 0 Å². The summed E-state index contributed by atoms with van der Waals surface area (Å²) in [6.07, 6.45) is 7.88. The Hall–Kier alpha value is -1.11. The first kappa shape index (κ1) is 7.89. The van der Waals surface area contributed by atoms with E-state index in [9.17, 15) is 4.79 Å². The molecule has 0 saturated carbocycles. The second-order valence-corrected chi connectivity index (χ2v) is 1.58. The molecule has 0 N–H and O–H groups in total. The van der Waals surface area contributed by atoms with E-state index in [1.165, 1.54) is 0 Å². The Balaban J connectivity index is 3.70. The Kier molecular flexibility index (Phi) is 4.41. The summed E-state index contributed by atoms with van der Waals surface area (Å²) in [5.41, 5.74) is 0.494. The molecule has 0 saturated heterocycles. The third-order valence-corrected chi connectivity index (χ3v) is 0.765. The molecule has 0 atom stereocenters. The smallest absolute Gasteiger partial charge is 0.149 e. The Morgan fingerprint density at radius 2 is 2.11 bits per heavy atom. The number of hydrogen-bond donors (Lipinski definition) is 0. The Bertz CT molecular complexity index is 152. The first-order valence-electron chi connectivity index (χ1n) is 2.74. The molecule has 48 valence electrons. The van der Waals surface area contributed by atoms with Gasteiger partial charge in [-0.25, -0.2) is 0 Å². The van der Waals surface area contributed by atoms with E-state index in [0.717, 1.165) is 6.29 Å². The minimum atomic E-state index is 0.494. The largest absolute Gasteiger partial charge is 0.298 e. The molecule has 0 aromatic heterocycles. The minimum absolute atomic E-state index is 0.494. The summed E-state index contributed by atoms with van der Waals surface area (Å²) in [6.45, 7) is 5.37. The highest BCUT2D eigenvalue weighted by Crippen LogP contribution is 1.86. The fraction of sp³-hybridized carbons (Fsp3) is 0.125. The third kappa shape index (κ3) is 4.75. The fourth-order valence-electron chi connectivity index (χ4n) is 0.330. The second-order valence-electron chi connectivity index (χ2n) is 1.58. The van der Waals surface area contributed by atoms with E-state index in [4.69, 9.17) is 0 Å². The monoisotopic (exact) mass is 122 g/mol. The zero-order valence-electron chi connectivity index (χ0n) is 5.50. The van der Waals surface area contributed by atoms with Gasteiger partial charge in [-0.05, 0) is 6.92 Å². The van der Waals surface area contributed by atoms with Gasteiger partial charge in [-0.1, -0.05) is 30.9 Å². The molecule has 0 amide bonds. The zero-order chi connectivity index (χ0) is 7.11. The van der Waals surface area contributed by atoms with Gasteiger partial charge < -0.3 is 0 Å². The van der Waals surface area contributed by atoms with Crippen LogP contribution in [0.1, 0.15) is 6.92 Å². The standard InChI is InChI=1S/C8H10O/c1-3-4-5-6-8(2)7-9/h3-7H,2H2,1H3. The van der Waals surface area contributed by atoms with Crippen LogP contribution in [0, 0.1) is 0 Å². The van der Waals surface area contributed by atoms with Crippen LogP contribution in [0.25, 0.3) is 0 Å². The maximum Gasteiger partial charge on any atom is 0.149 e. The summed E-state index contributed by atoms with van der Waals surface area (Å²) in [6, 6.07) is 0. The molecule has 0 aromatic rings. The van der Waals surface area contributed by atoms with Gasteiger partial charge in [0.1, 0.15) is 6.29 Å². The molecule has 0 rings (SSSR count). The SMILES string of the molecule is C=C(C=O)C=CC=CC. The average molecular weight is 122 g/mol. The first-order chi connectivity index (χ1) is 4.31. The van der Waals surface area contributed by atoms with Crippen molar-refractivity contribution in [1.29, 1.82) is 0 Å². The van der Waals surface area contributed by atoms with E-state index in [1.807, 2.05) is 19.1 Å². The Labute approximate surface area is 55.4 Å². The van der Waals surface area contributed by atoms with Crippen molar-refractivity contribution >= 4 is 6.29 Å². The van der Waals surface area contributed by atoms with Crippen molar-refractivity contribution in [3.8, 4) is 0 Å². The van der Waals surface area contributed by atoms with Gasteiger partial charge in [-0.3, -0.25) is 4.79 Å². The lowest BCUT2D eigenvalue weighted by Crippen LogP contribution is -1.71. The molecule has 0 aliphatic rings. The van der Waals surface area contributed by atoms with Crippen LogP contribution in [0.15, 0.2) is 36.5 Å². The molecular formula is C8H10O. The zero-order valence-corrected chi connectivity index (χ0v) is 5.50. The normalized spacial score (nSPS) is 10.8. The van der Waals surface area contributed by atoms with Crippen molar-refractivity contribution < 1.29 is 4.79 Å². The predicted molar refractivity (Wildman–Crippen MR) is 39.2 cm³/mol. The highest BCUT2D eigenvalue weighted by molar-refractivity contribution is 5.76. The van der Waals surface area contributed by atoms with Gasteiger partial charge in [-0.2, -0.15) is 0 Å². The van der Waals surface area contributed by atoms with Crippen LogP contribution in [0.3, 0.4) is 0 Å². The molecular weight excluding hydrogens is 112 g/mol. The fourth-order valence-corrected chi connectivity index (χ4v) is 0.330. The molecule has 0 heterocycles. The molecule has 0 fully saturated rings. The number of aldehydes is 1. The van der Waals surface area contributed by atoms with Gasteiger partial charge in [-0.15, -0.1) is 0 Å². The number of carbonyl (C=O) groups excluding carboxylic acids is 1. The van der Waals surface area contributed by atoms with Crippen LogP contribution in [-0.4, -0.2) is 6.29 Å². The van der Waals surface area contributed by atoms with Gasteiger partial charge in [0.15, 0.2) is 0 Å². The molecule has 9 heavy (non-hydrogen) atoms. The van der Waals surface area contributed by atoms with Gasteiger partial charge in [0.05, 0.1) is 0 Å². The van der Waals surface area contributed by atoms with Crippen molar-refractivity contribution in [2.45, 2.75) is 6.92 Å². The lowest BCUT2D eigenvalue weighted by molar-refractivity contribution is -0.104. The summed E-state index contributed by atoms with van der Waals surface area (Å²) >= 11 is 0. The van der Waals surface area contributed by atoms with E-state index in [1.54, 1.807) is 12.2 Å². The summed E-state index contributed by atoms with van der Waals surface area (Å²) in [5, 5.41) is 0. The maximum atomic E-state index is 9.92. The van der Waals surface area contributed by atoms with Gasteiger partial charge in [0.25, 0.3) is 0 Å². The van der Waals surface area contributed by atoms with Crippen molar-refractivity contribution in [2.75, 3.05) is 0 Å². The van der Waals surface area contributed by atoms with Crippen LogP contribution in [0.5, 0.6) is 0 Å². The van der Waals surface area contributed by atoms with Crippen LogP contribution in [0.4, 0.5) is 0 Å². The van der Waals surface area contributed by atoms with E-state index >= 15 is 0 Å². The molecule has 0 spiro atoms. The van der Waals surface area contributed by atoms with E-state index in [-0.39, 0.29) is 0 Å². The summed E-state index contributed by atoms with van der Waals surface area (Å²) in [5.74, 6) is 0. The van der Waals surface area contributed by atoms with Crippen molar-refractivity contribution in [1.82, 2.24) is 0 Å². The Morgan fingerprint density at radius 1 is 1.44 bits per heavy atom. The highest BCUT2D eigenvalue weighted by atomic mass is 16.1. The number of allylic oxidation sites excluding steroid dienone is 5. The topological polar surface area (TPSA) is 17.1 Å². The average Bonchev–Trinajstić information content (AvgIpc) is 1.89. The van der Waals surface area contributed by atoms with Crippen molar-refractivity contribution in [3.63, 3.8) is 0 Å². The predicted octanol–water partition coefficient (Wildman–Crippen LogP) is 1.87. The molecule has 1 nitrogen and oxygen atoms in total. The van der Waals surface area contributed by atoms with Crippen LogP contribution in [0.2, 0.25) is 0 Å². The maximum absolute atomic E-state index is 9.92. The number of carbonyl (C=O) groups is 1. The van der Waals surface area contributed by atoms with Crippen LogP contribution in [-0.2, 0) is 4.79 Å². The van der Waals surface area contributed by atoms with Crippen LogP contribution >= 0.6 is 0 Å². The highest BCUT2D eigenvalue weighted by Gasteiger charge is 1.76. The van der Waals surface area contributed by atoms with Gasteiger partial charge in [0, 0.05) is 5.57 Å². The molecule has 0 bridgehead atoms. The van der Waals surface area contributed by atoms with E-state index in [0.29, 0.717) is 5.57 Å². The van der Waals surface area contributed by atoms with Crippen molar-refractivity contribution in [2.24, 2.45) is 0 Å². The Morgan fingerprint density at radius 3 is 2.56 bits per heavy atom. The third-order valence-electron chi connectivity index (χ3n) is 0.765. The molecule has 0 aliphatic heterocycles. The van der Waals surface area contributed by atoms with Gasteiger partial charge >= 0.3 is 0 Å². The summed E-state index contributed by atoms with van der Waals surface area (Å²) in [7, 11) is 0. The number of hydrogen-bond acceptors (Lipinski definition) is 1. The molecule has 0 aliphatic carbocycles. The second kappa shape index (κ2) is 5.04. The summed E-state index contributed by atoms with van der Waals surface area (Å²) in [4.78, 5) is 9.92. The molecule has 0 aromatic carbocycles. The lowest BCUT2D eigenvalue weighted by Gasteiger charge is -1.77. The molecule has 0 radical (unpaired) electrons. The molecule has 1 heteroatoms. The van der Waals surface area contributed by atoms with Crippen molar-refractivity contribution in [3.05, 3.63) is 36.5 Å². The van der Waals surface area contributed by atoms with E-state index in [2.05, 4.69) is 6.58 Å². The van der Waals surface area contributed by atoms with Crippen LogP contribution < -0.4 is 0 Å². The quantitative estimate of drug-likeness (QED) is 0.317. The number of rotatable bonds is 3. The summed E-state index contributed by atoms with van der Waals surface area (Å²) < 4.78 is 0.